The van der Waals surface area contributed by atoms with Crippen molar-refractivity contribution >= 4 is 23.6 Å². The molecule has 1 N–H and O–H groups in total. The van der Waals surface area contributed by atoms with E-state index in [1.807, 2.05) is 24.3 Å². The fourth-order valence-corrected chi connectivity index (χ4v) is 3.24. The third-order valence-electron chi connectivity index (χ3n) is 4.15. The molecule has 2 aliphatic heterocycles. The Kier molecular flexibility index (Phi) is 4.24. The van der Waals surface area contributed by atoms with Crippen molar-refractivity contribution in [3.05, 3.63) is 58.6 Å². The standard InChI is InChI=1S/C19H16ClNO4/c20-14-9-12(10-17-19(14)25-11-24-17)5-6-18(22)21-15-7-8-23-16-4-2-1-3-13(15)16/h1-6,9-10,15H,7-8,11H2,(H,21,22)/b6-5+/t15-/m0/s1. The first-order valence-electron chi connectivity index (χ1n) is 8.00. The number of ether oxygens (including phenoxy) is 3. The van der Waals surface area contributed by atoms with Crippen molar-refractivity contribution in [3.63, 3.8) is 0 Å². The molecule has 128 valence electrons. The van der Waals surface area contributed by atoms with Crippen LogP contribution in [0.2, 0.25) is 5.02 Å². The van der Waals surface area contributed by atoms with Crippen LogP contribution in [-0.2, 0) is 4.79 Å². The minimum atomic E-state index is -0.171. The van der Waals surface area contributed by atoms with Crippen molar-refractivity contribution in [2.75, 3.05) is 13.4 Å². The average molecular weight is 358 g/mol. The Balaban J connectivity index is 1.46. The van der Waals surface area contributed by atoms with Crippen LogP contribution in [0.3, 0.4) is 0 Å². The molecule has 25 heavy (non-hydrogen) atoms. The maximum Gasteiger partial charge on any atom is 0.244 e. The summed E-state index contributed by atoms with van der Waals surface area (Å²) in [5.41, 5.74) is 1.78. The van der Waals surface area contributed by atoms with E-state index in [0.29, 0.717) is 23.1 Å². The molecule has 1 atom stereocenters. The minimum absolute atomic E-state index is 0.0533. The predicted octanol–water partition coefficient (Wildman–Crippen LogP) is 3.72. The van der Waals surface area contributed by atoms with Crippen molar-refractivity contribution in [2.45, 2.75) is 12.5 Å². The normalized spacial score (nSPS) is 17.9. The van der Waals surface area contributed by atoms with Gasteiger partial charge in [0.1, 0.15) is 5.75 Å². The molecule has 0 fully saturated rings. The van der Waals surface area contributed by atoms with Crippen LogP contribution in [-0.4, -0.2) is 19.3 Å². The highest BCUT2D eigenvalue weighted by Gasteiger charge is 2.22. The van der Waals surface area contributed by atoms with Gasteiger partial charge in [0.2, 0.25) is 12.7 Å². The van der Waals surface area contributed by atoms with Crippen LogP contribution in [0, 0.1) is 0 Å². The molecule has 4 rings (SSSR count). The van der Waals surface area contributed by atoms with E-state index in [9.17, 15) is 4.79 Å². The van der Waals surface area contributed by atoms with E-state index in [-0.39, 0.29) is 18.7 Å². The van der Waals surface area contributed by atoms with Crippen LogP contribution in [0.4, 0.5) is 0 Å². The second-order valence-corrected chi connectivity index (χ2v) is 6.21. The number of fused-ring (bicyclic) bond motifs is 2. The zero-order valence-corrected chi connectivity index (χ0v) is 14.1. The van der Waals surface area contributed by atoms with E-state index in [1.54, 1.807) is 18.2 Å². The molecule has 2 aliphatic rings. The fourth-order valence-electron chi connectivity index (χ4n) is 2.97. The summed E-state index contributed by atoms with van der Waals surface area (Å²) >= 11 is 6.15. The van der Waals surface area contributed by atoms with Crippen LogP contribution >= 0.6 is 11.6 Å². The molecule has 0 saturated heterocycles. The number of carbonyl (C=O) groups excluding carboxylic acids is 1. The molecule has 5 nitrogen and oxygen atoms in total. The van der Waals surface area contributed by atoms with Gasteiger partial charge >= 0.3 is 0 Å². The molecular formula is C19H16ClNO4. The first kappa shape index (κ1) is 15.8. The van der Waals surface area contributed by atoms with Gasteiger partial charge in [-0.2, -0.15) is 0 Å². The van der Waals surface area contributed by atoms with Crippen LogP contribution in [0.25, 0.3) is 6.08 Å². The van der Waals surface area contributed by atoms with E-state index < -0.39 is 0 Å². The molecule has 2 heterocycles. The monoisotopic (exact) mass is 357 g/mol. The molecule has 0 aromatic heterocycles. The number of rotatable bonds is 3. The van der Waals surface area contributed by atoms with Gasteiger partial charge in [-0.15, -0.1) is 0 Å². The van der Waals surface area contributed by atoms with Gasteiger partial charge < -0.3 is 19.5 Å². The zero-order valence-electron chi connectivity index (χ0n) is 13.3. The minimum Gasteiger partial charge on any atom is -0.493 e. The van der Waals surface area contributed by atoms with Crippen LogP contribution < -0.4 is 19.5 Å². The number of benzene rings is 2. The summed E-state index contributed by atoms with van der Waals surface area (Å²) in [4.78, 5) is 12.3. The van der Waals surface area contributed by atoms with Gasteiger partial charge in [0.05, 0.1) is 17.7 Å². The molecule has 0 spiro atoms. The quantitative estimate of drug-likeness (QED) is 0.850. The van der Waals surface area contributed by atoms with Crippen molar-refractivity contribution < 1.29 is 19.0 Å². The number of para-hydroxylation sites is 1. The lowest BCUT2D eigenvalue weighted by Gasteiger charge is -2.26. The van der Waals surface area contributed by atoms with Gasteiger partial charge in [-0.05, 0) is 29.8 Å². The van der Waals surface area contributed by atoms with Crippen molar-refractivity contribution in [3.8, 4) is 17.2 Å². The lowest BCUT2D eigenvalue weighted by atomic mass is 10.0. The fraction of sp³-hybridized carbons (Fsp3) is 0.211. The van der Waals surface area contributed by atoms with E-state index in [4.69, 9.17) is 25.8 Å². The summed E-state index contributed by atoms with van der Waals surface area (Å²) < 4.78 is 16.2. The number of amides is 1. The molecule has 0 aliphatic carbocycles. The smallest absolute Gasteiger partial charge is 0.244 e. The van der Waals surface area contributed by atoms with Gasteiger partial charge in [0.15, 0.2) is 11.5 Å². The Morgan fingerprint density at radius 1 is 1.16 bits per heavy atom. The topological polar surface area (TPSA) is 56.8 Å². The summed E-state index contributed by atoms with van der Waals surface area (Å²) in [6, 6.07) is 11.2. The Bertz CT molecular complexity index is 849. The van der Waals surface area contributed by atoms with E-state index >= 15 is 0 Å². The molecule has 1 amide bonds. The third-order valence-corrected chi connectivity index (χ3v) is 4.43. The molecule has 0 unspecified atom stereocenters. The molecule has 0 radical (unpaired) electrons. The first-order chi connectivity index (χ1) is 12.2. The molecule has 0 saturated carbocycles. The molecule has 2 aromatic carbocycles. The average Bonchev–Trinajstić information content (AvgIpc) is 3.10. The molecule has 2 aromatic rings. The highest BCUT2D eigenvalue weighted by molar-refractivity contribution is 6.32. The first-order valence-corrected chi connectivity index (χ1v) is 8.38. The summed E-state index contributed by atoms with van der Waals surface area (Å²) in [7, 11) is 0. The number of halogens is 1. The van der Waals surface area contributed by atoms with E-state index in [2.05, 4.69) is 5.32 Å². The van der Waals surface area contributed by atoms with E-state index in [0.717, 1.165) is 23.3 Å². The summed E-state index contributed by atoms with van der Waals surface area (Å²) in [5.74, 6) is 1.79. The maximum absolute atomic E-state index is 12.3. The van der Waals surface area contributed by atoms with Gasteiger partial charge in [0, 0.05) is 18.1 Å². The largest absolute Gasteiger partial charge is 0.493 e. The van der Waals surface area contributed by atoms with Gasteiger partial charge in [0.25, 0.3) is 0 Å². The Morgan fingerprint density at radius 3 is 2.96 bits per heavy atom. The van der Waals surface area contributed by atoms with Crippen LogP contribution in [0.1, 0.15) is 23.6 Å². The SMILES string of the molecule is O=C(/C=C/c1cc(Cl)c2c(c1)OCO2)N[C@H]1CCOc2ccccc21. The summed E-state index contributed by atoms with van der Waals surface area (Å²) in [6.45, 7) is 0.745. The molecule has 0 bridgehead atoms. The highest BCUT2D eigenvalue weighted by Crippen LogP contribution is 2.40. The summed E-state index contributed by atoms with van der Waals surface area (Å²) in [5, 5.41) is 3.48. The van der Waals surface area contributed by atoms with Crippen LogP contribution in [0.5, 0.6) is 17.2 Å². The lowest BCUT2D eigenvalue weighted by Crippen LogP contribution is -2.30. The summed E-state index contributed by atoms with van der Waals surface area (Å²) in [6.07, 6.45) is 3.94. The Hall–Kier alpha value is -2.66. The number of carbonyl (C=O) groups is 1. The molecule has 6 heteroatoms. The third kappa shape index (κ3) is 3.28. The van der Waals surface area contributed by atoms with Gasteiger partial charge in [-0.1, -0.05) is 29.8 Å². The van der Waals surface area contributed by atoms with Crippen molar-refractivity contribution in [1.82, 2.24) is 5.32 Å². The predicted molar refractivity (Wildman–Crippen MR) is 94.0 cm³/mol. The van der Waals surface area contributed by atoms with E-state index in [1.165, 1.54) is 6.08 Å². The number of hydrogen-bond donors (Lipinski definition) is 1. The molecular weight excluding hydrogens is 342 g/mol. The Labute approximate surface area is 150 Å². The van der Waals surface area contributed by atoms with Crippen LogP contribution in [0.15, 0.2) is 42.5 Å². The van der Waals surface area contributed by atoms with Gasteiger partial charge in [-0.25, -0.2) is 0 Å². The van der Waals surface area contributed by atoms with Crippen molar-refractivity contribution in [2.24, 2.45) is 0 Å². The second-order valence-electron chi connectivity index (χ2n) is 5.81. The second kappa shape index (κ2) is 6.69. The Morgan fingerprint density at radius 2 is 2.04 bits per heavy atom. The highest BCUT2D eigenvalue weighted by atomic mass is 35.5. The number of hydrogen-bond acceptors (Lipinski definition) is 4. The lowest BCUT2D eigenvalue weighted by molar-refractivity contribution is -0.117. The van der Waals surface area contributed by atoms with Crippen molar-refractivity contribution in [1.29, 1.82) is 0 Å². The number of nitrogens with one attached hydrogen (secondary N) is 1. The maximum atomic E-state index is 12.3. The zero-order chi connectivity index (χ0) is 17.2. The van der Waals surface area contributed by atoms with Gasteiger partial charge in [-0.3, -0.25) is 4.79 Å².